The lowest BCUT2D eigenvalue weighted by atomic mass is 10.1. The van der Waals surface area contributed by atoms with Gasteiger partial charge in [0, 0.05) is 11.0 Å². The van der Waals surface area contributed by atoms with Gasteiger partial charge in [0.25, 0.3) is 5.91 Å². The second kappa shape index (κ2) is 5.40. The van der Waals surface area contributed by atoms with Crippen LogP contribution < -0.4 is 5.32 Å². The van der Waals surface area contributed by atoms with Crippen LogP contribution in [0.2, 0.25) is 0 Å². The highest BCUT2D eigenvalue weighted by Crippen LogP contribution is 2.18. The summed E-state index contributed by atoms with van der Waals surface area (Å²) in [4.78, 5) is 11.9. The monoisotopic (exact) mass is 331 g/mol. The maximum Gasteiger partial charge on any atom is 0.252 e. The number of carbonyl (C=O) groups is 1. The van der Waals surface area contributed by atoms with Gasteiger partial charge in [-0.05, 0) is 40.4 Å². The first kappa shape index (κ1) is 13.5. The summed E-state index contributed by atoms with van der Waals surface area (Å²) >= 11 is 3.31. The van der Waals surface area contributed by atoms with Gasteiger partial charge in [0.1, 0.15) is 0 Å². The Bertz CT molecular complexity index is 556. The molecule has 4 nitrogen and oxygen atoms in total. The molecule has 18 heavy (non-hydrogen) atoms. The molecule has 0 saturated carbocycles. The molecular formula is C12H14BrNO3S. The Hall–Kier alpha value is -0.880. The number of amides is 1. The van der Waals surface area contributed by atoms with Gasteiger partial charge in [0.2, 0.25) is 0 Å². The Kier molecular flexibility index (Phi) is 4.07. The van der Waals surface area contributed by atoms with E-state index in [0.717, 1.165) is 4.47 Å². The molecule has 1 N–H and O–H groups in total. The molecule has 1 unspecified atom stereocenters. The van der Waals surface area contributed by atoms with E-state index < -0.39 is 9.84 Å². The highest BCUT2D eigenvalue weighted by atomic mass is 79.9. The summed E-state index contributed by atoms with van der Waals surface area (Å²) in [6.45, 7) is 0.416. The number of hydrogen-bond donors (Lipinski definition) is 1. The average Bonchev–Trinajstić information content (AvgIpc) is 2.66. The lowest BCUT2D eigenvalue weighted by molar-refractivity contribution is 0.0947. The molecule has 1 saturated heterocycles. The van der Waals surface area contributed by atoms with Gasteiger partial charge >= 0.3 is 0 Å². The van der Waals surface area contributed by atoms with Crippen molar-refractivity contribution in [3.8, 4) is 0 Å². The SMILES string of the molecule is O=C(NCC1CCS(=O)(=O)C1)c1ccccc1Br. The first-order chi connectivity index (χ1) is 8.48. The van der Waals surface area contributed by atoms with Crippen molar-refractivity contribution in [1.29, 1.82) is 0 Å². The van der Waals surface area contributed by atoms with Crippen LogP contribution in [0.3, 0.4) is 0 Å². The van der Waals surface area contributed by atoms with Crippen molar-refractivity contribution < 1.29 is 13.2 Å². The summed E-state index contributed by atoms with van der Waals surface area (Å²) in [5.41, 5.74) is 0.568. The van der Waals surface area contributed by atoms with E-state index in [4.69, 9.17) is 0 Å². The molecule has 1 aliphatic rings. The summed E-state index contributed by atoms with van der Waals surface area (Å²) in [5, 5.41) is 2.79. The van der Waals surface area contributed by atoms with Gasteiger partial charge in [-0.1, -0.05) is 12.1 Å². The maximum atomic E-state index is 11.9. The fourth-order valence-electron chi connectivity index (χ4n) is 2.01. The van der Waals surface area contributed by atoms with E-state index in [0.29, 0.717) is 18.5 Å². The Morgan fingerprint density at radius 1 is 1.39 bits per heavy atom. The molecule has 0 spiro atoms. The van der Waals surface area contributed by atoms with Crippen LogP contribution in [0.15, 0.2) is 28.7 Å². The third kappa shape index (κ3) is 3.32. The molecule has 1 fully saturated rings. The van der Waals surface area contributed by atoms with Crippen LogP contribution in [0.5, 0.6) is 0 Å². The highest BCUT2D eigenvalue weighted by Gasteiger charge is 2.28. The van der Waals surface area contributed by atoms with E-state index >= 15 is 0 Å². The topological polar surface area (TPSA) is 63.2 Å². The quantitative estimate of drug-likeness (QED) is 0.915. The number of nitrogens with one attached hydrogen (secondary N) is 1. The summed E-state index contributed by atoms with van der Waals surface area (Å²) in [5.74, 6) is 0.291. The maximum absolute atomic E-state index is 11.9. The molecule has 1 aromatic carbocycles. The van der Waals surface area contributed by atoms with E-state index in [1.165, 1.54) is 0 Å². The number of carbonyl (C=O) groups excluding carboxylic acids is 1. The van der Waals surface area contributed by atoms with E-state index in [1.54, 1.807) is 18.2 Å². The van der Waals surface area contributed by atoms with Crippen molar-refractivity contribution in [1.82, 2.24) is 5.32 Å². The molecule has 1 atom stereocenters. The predicted molar refractivity (Wildman–Crippen MR) is 73.2 cm³/mol. The lowest BCUT2D eigenvalue weighted by Gasteiger charge is -2.10. The van der Waals surface area contributed by atoms with E-state index in [1.807, 2.05) is 6.07 Å². The minimum Gasteiger partial charge on any atom is -0.352 e. The lowest BCUT2D eigenvalue weighted by Crippen LogP contribution is -2.30. The van der Waals surface area contributed by atoms with E-state index in [2.05, 4.69) is 21.2 Å². The Morgan fingerprint density at radius 3 is 2.72 bits per heavy atom. The van der Waals surface area contributed by atoms with Crippen LogP contribution in [-0.2, 0) is 9.84 Å². The molecule has 1 heterocycles. The van der Waals surface area contributed by atoms with Crippen LogP contribution in [0.4, 0.5) is 0 Å². The summed E-state index contributed by atoms with van der Waals surface area (Å²) in [6.07, 6.45) is 0.637. The standard InChI is InChI=1S/C12H14BrNO3S/c13-11-4-2-1-3-10(11)12(15)14-7-9-5-6-18(16,17)8-9/h1-4,9H,5-8H2,(H,14,15). The second-order valence-corrected chi connectivity index (χ2v) is 7.54. The zero-order chi connectivity index (χ0) is 13.2. The molecule has 0 radical (unpaired) electrons. The van der Waals surface area contributed by atoms with Crippen molar-refractivity contribution in [3.05, 3.63) is 34.3 Å². The Morgan fingerprint density at radius 2 is 2.11 bits per heavy atom. The summed E-state index contributed by atoms with van der Waals surface area (Å²) in [7, 11) is -2.88. The Balaban J connectivity index is 1.92. The number of rotatable bonds is 3. The van der Waals surface area contributed by atoms with E-state index in [-0.39, 0.29) is 23.3 Å². The van der Waals surface area contributed by atoms with Crippen LogP contribution in [0.1, 0.15) is 16.8 Å². The number of benzene rings is 1. The smallest absolute Gasteiger partial charge is 0.252 e. The normalized spacial score (nSPS) is 21.7. The number of hydrogen-bond acceptors (Lipinski definition) is 3. The van der Waals surface area contributed by atoms with Gasteiger partial charge in [-0.2, -0.15) is 0 Å². The van der Waals surface area contributed by atoms with Crippen LogP contribution in [0, 0.1) is 5.92 Å². The van der Waals surface area contributed by atoms with Gasteiger partial charge < -0.3 is 5.32 Å². The number of sulfone groups is 1. The van der Waals surface area contributed by atoms with Gasteiger partial charge in [0.15, 0.2) is 9.84 Å². The molecule has 2 rings (SSSR count). The van der Waals surface area contributed by atoms with E-state index in [9.17, 15) is 13.2 Å². The molecule has 0 aromatic heterocycles. The fourth-order valence-corrected chi connectivity index (χ4v) is 4.34. The van der Waals surface area contributed by atoms with Crippen molar-refractivity contribution in [2.75, 3.05) is 18.1 Å². The van der Waals surface area contributed by atoms with Crippen LogP contribution in [0.25, 0.3) is 0 Å². The molecular weight excluding hydrogens is 318 g/mol. The molecule has 6 heteroatoms. The molecule has 1 amide bonds. The zero-order valence-corrected chi connectivity index (χ0v) is 12.1. The zero-order valence-electron chi connectivity index (χ0n) is 9.73. The third-order valence-corrected chi connectivity index (χ3v) is 5.53. The molecule has 0 bridgehead atoms. The highest BCUT2D eigenvalue weighted by molar-refractivity contribution is 9.10. The van der Waals surface area contributed by atoms with Crippen molar-refractivity contribution in [2.24, 2.45) is 5.92 Å². The first-order valence-corrected chi connectivity index (χ1v) is 8.32. The van der Waals surface area contributed by atoms with Crippen molar-refractivity contribution in [2.45, 2.75) is 6.42 Å². The van der Waals surface area contributed by atoms with Gasteiger partial charge in [-0.3, -0.25) is 4.79 Å². The fraction of sp³-hybridized carbons (Fsp3) is 0.417. The first-order valence-electron chi connectivity index (χ1n) is 5.71. The second-order valence-electron chi connectivity index (χ2n) is 4.46. The average molecular weight is 332 g/mol. The molecule has 98 valence electrons. The van der Waals surface area contributed by atoms with Gasteiger partial charge in [0.05, 0.1) is 17.1 Å². The third-order valence-electron chi connectivity index (χ3n) is 3.00. The van der Waals surface area contributed by atoms with Crippen LogP contribution >= 0.6 is 15.9 Å². The molecule has 1 aliphatic heterocycles. The summed E-state index contributed by atoms with van der Waals surface area (Å²) in [6, 6.07) is 7.16. The molecule has 0 aliphatic carbocycles. The predicted octanol–water partition coefficient (Wildman–Crippen LogP) is 1.61. The largest absolute Gasteiger partial charge is 0.352 e. The Labute approximate surface area is 115 Å². The van der Waals surface area contributed by atoms with Crippen molar-refractivity contribution >= 4 is 31.7 Å². The number of halogens is 1. The van der Waals surface area contributed by atoms with Gasteiger partial charge in [-0.15, -0.1) is 0 Å². The minimum atomic E-state index is -2.88. The van der Waals surface area contributed by atoms with Crippen molar-refractivity contribution in [3.63, 3.8) is 0 Å². The summed E-state index contributed by atoms with van der Waals surface area (Å²) < 4.78 is 23.3. The minimum absolute atomic E-state index is 0.0430. The molecule has 1 aromatic rings. The van der Waals surface area contributed by atoms with Crippen LogP contribution in [-0.4, -0.2) is 32.4 Å². The van der Waals surface area contributed by atoms with Gasteiger partial charge in [-0.25, -0.2) is 8.42 Å².